The van der Waals surface area contributed by atoms with Crippen molar-refractivity contribution >= 4 is 0 Å². The first-order valence-corrected chi connectivity index (χ1v) is 9.79. The van der Waals surface area contributed by atoms with Crippen LogP contribution in [-0.2, 0) is 13.2 Å². The number of hydrogen-bond donors (Lipinski definition) is 0. The molecule has 0 aliphatic carbocycles. The van der Waals surface area contributed by atoms with Crippen LogP contribution in [0, 0.1) is 0 Å². The molecule has 2 heterocycles. The number of aromatic nitrogens is 2. The molecule has 0 amide bonds. The molecule has 0 spiro atoms. The molecule has 4 rings (SSSR count). The Morgan fingerprint density at radius 2 is 1.74 bits per heavy atom. The van der Waals surface area contributed by atoms with Crippen molar-refractivity contribution in [2.24, 2.45) is 0 Å². The van der Waals surface area contributed by atoms with E-state index >= 15 is 0 Å². The zero-order chi connectivity index (χ0) is 18.5. The fraction of sp³-hybridized carbons (Fsp3) is 0.348. The minimum Gasteiger partial charge on any atom is -0.471 e. The van der Waals surface area contributed by atoms with Crippen molar-refractivity contribution in [3.8, 4) is 17.0 Å². The van der Waals surface area contributed by atoms with Crippen molar-refractivity contribution in [1.29, 1.82) is 0 Å². The van der Waals surface area contributed by atoms with Crippen LogP contribution in [-0.4, -0.2) is 34.3 Å². The molecule has 0 bridgehead atoms. The molecule has 4 nitrogen and oxygen atoms in total. The van der Waals surface area contributed by atoms with Gasteiger partial charge in [-0.3, -0.25) is 4.68 Å². The molecule has 1 aromatic heterocycles. The molecule has 1 aliphatic heterocycles. The predicted molar refractivity (Wildman–Crippen MR) is 109 cm³/mol. The molecule has 140 valence electrons. The van der Waals surface area contributed by atoms with Gasteiger partial charge in [0.1, 0.15) is 6.61 Å². The predicted octanol–water partition coefficient (Wildman–Crippen LogP) is 4.61. The highest BCUT2D eigenvalue weighted by molar-refractivity contribution is 5.67. The maximum atomic E-state index is 6.13. The van der Waals surface area contributed by atoms with E-state index in [9.17, 15) is 0 Å². The summed E-state index contributed by atoms with van der Waals surface area (Å²) in [5, 5.41) is 4.80. The maximum Gasteiger partial charge on any atom is 0.241 e. The fourth-order valence-electron chi connectivity index (χ4n) is 3.74. The lowest BCUT2D eigenvalue weighted by atomic mass is 10.0. The van der Waals surface area contributed by atoms with Crippen LogP contribution < -0.4 is 4.74 Å². The minimum absolute atomic E-state index is 0.529. The lowest BCUT2D eigenvalue weighted by molar-refractivity contribution is 0.162. The first kappa shape index (κ1) is 17.8. The third-order valence-corrected chi connectivity index (χ3v) is 5.35. The monoisotopic (exact) mass is 361 g/mol. The van der Waals surface area contributed by atoms with Crippen LogP contribution >= 0.6 is 0 Å². The zero-order valence-corrected chi connectivity index (χ0v) is 15.9. The number of piperidine rings is 1. The summed E-state index contributed by atoms with van der Waals surface area (Å²) < 4.78 is 8.19. The first-order chi connectivity index (χ1) is 13.3. The quantitative estimate of drug-likeness (QED) is 0.642. The van der Waals surface area contributed by atoms with Gasteiger partial charge in [0.25, 0.3) is 0 Å². The maximum absolute atomic E-state index is 6.13. The summed E-state index contributed by atoms with van der Waals surface area (Å²) in [5.74, 6) is 0.712. The number of nitrogens with zero attached hydrogens (tertiary/aromatic N) is 3. The average Bonchev–Trinajstić information content (AvgIpc) is 3.12. The van der Waals surface area contributed by atoms with E-state index in [2.05, 4.69) is 59.2 Å². The molecule has 4 heteroatoms. The van der Waals surface area contributed by atoms with Crippen LogP contribution in [0.4, 0.5) is 0 Å². The van der Waals surface area contributed by atoms with Crippen molar-refractivity contribution in [2.45, 2.75) is 38.5 Å². The Morgan fingerprint density at radius 1 is 1.00 bits per heavy atom. The molecular formula is C23H27N3O. The van der Waals surface area contributed by atoms with Crippen LogP contribution in [0.3, 0.4) is 0 Å². The van der Waals surface area contributed by atoms with E-state index in [-0.39, 0.29) is 0 Å². The molecule has 1 fully saturated rings. The van der Waals surface area contributed by atoms with Crippen LogP contribution in [0.5, 0.6) is 5.88 Å². The van der Waals surface area contributed by atoms with Gasteiger partial charge in [-0.25, -0.2) is 0 Å². The fourth-order valence-corrected chi connectivity index (χ4v) is 3.74. The molecule has 27 heavy (non-hydrogen) atoms. The summed E-state index contributed by atoms with van der Waals surface area (Å²) in [6.07, 6.45) is 5.97. The molecule has 1 aliphatic rings. The van der Waals surface area contributed by atoms with Gasteiger partial charge in [0.05, 0.1) is 12.1 Å². The Kier molecular flexibility index (Phi) is 5.54. The van der Waals surface area contributed by atoms with E-state index in [0.717, 1.165) is 23.2 Å². The zero-order valence-electron chi connectivity index (χ0n) is 15.9. The summed E-state index contributed by atoms with van der Waals surface area (Å²) in [6, 6.07) is 21.2. The largest absolute Gasteiger partial charge is 0.471 e. The molecule has 1 saturated heterocycles. The van der Waals surface area contributed by atoms with Crippen molar-refractivity contribution < 1.29 is 4.74 Å². The summed E-state index contributed by atoms with van der Waals surface area (Å²) in [4.78, 5) is 2.46. The lowest BCUT2D eigenvalue weighted by Crippen LogP contribution is -2.39. The number of likely N-dealkylation sites (N-methyl/N-ethyl adjacent to an activating group) is 1. The van der Waals surface area contributed by atoms with Crippen molar-refractivity contribution in [3.63, 3.8) is 0 Å². The highest BCUT2D eigenvalue weighted by Gasteiger charge is 2.21. The third kappa shape index (κ3) is 4.40. The van der Waals surface area contributed by atoms with Crippen LogP contribution in [0.25, 0.3) is 11.1 Å². The first-order valence-electron chi connectivity index (χ1n) is 9.79. The Balaban J connectivity index is 1.57. The second-order valence-electron chi connectivity index (χ2n) is 7.34. The van der Waals surface area contributed by atoms with Gasteiger partial charge in [-0.1, -0.05) is 67.1 Å². The van der Waals surface area contributed by atoms with Crippen LogP contribution in [0.1, 0.15) is 24.8 Å². The topological polar surface area (TPSA) is 30.3 Å². The normalized spacial score (nSPS) is 17.7. The molecule has 2 aromatic carbocycles. The van der Waals surface area contributed by atoms with Crippen LogP contribution in [0.2, 0.25) is 0 Å². The average molecular weight is 361 g/mol. The SMILES string of the molecule is CN1CCCCC1Cn1cc(-c2ccccc2)c(OCc2ccccc2)n1. The second kappa shape index (κ2) is 8.40. The van der Waals surface area contributed by atoms with Crippen molar-refractivity contribution in [3.05, 3.63) is 72.4 Å². The van der Waals surface area contributed by atoms with Gasteiger partial charge in [-0.2, -0.15) is 0 Å². The molecule has 0 saturated carbocycles. The number of rotatable bonds is 6. The summed E-state index contributed by atoms with van der Waals surface area (Å²) >= 11 is 0. The van der Waals surface area contributed by atoms with E-state index in [0.29, 0.717) is 18.5 Å². The minimum atomic E-state index is 0.529. The van der Waals surface area contributed by atoms with Gasteiger partial charge >= 0.3 is 0 Å². The second-order valence-corrected chi connectivity index (χ2v) is 7.34. The number of likely N-dealkylation sites (tertiary alicyclic amines) is 1. The molecule has 1 atom stereocenters. The number of benzene rings is 2. The Morgan fingerprint density at radius 3 is 2.48 bits per heavy atom. The number of hydrogen-bond acceptors (Lipinski definition) is 3. The highest BCUT2D eigenvalue weighted by atomic mass is 16.5. The molecule has 0 N–H and O–H groups in total. The van der Waals surface area contributed by atoms with E-state index < -0.39 is 0 Å². The number of ether oxygens (including phenoxy) is 1. The van der Waals surface area contributed by atoms with E-state index in [4.69, 9.17) is 9.84 Å². The molecule has 3 aromatic rings. The van der Waals surface area contributed by atoms with Gasteiger partial charge in [0, 0.05) is 12.2 Å². The van der Waals surface area contributed by atoms with Gasteiger partial charge in [-0.05, 0) is 37.6 Å². The van der Waals surface area contributed by atoms with Gasteiger partial charge in [-0.15, -0.1) is 5.10 Å². The Labute approximate surface area is 161 Å². The highest BCUT2D eigenvalue weighted by Crippen LogP contribution is 2.30. The van der Waals surface area contributed by atoms with Gasteiger partial charge < -0.3 is 9.64 Å². The third-order valence-electron chi connectivity index (χ3n) is 5.35. The van der Waals surface area contributed by atoms with E-state index in [1.54, 1.807) is 0 Å². The van der Waals surface area contributed by atoms with Crippen molar-refractivity contribution in [1.82, 2.24) is 14.7 Å². The molecule has 0 radical (unpaired) electrons. The van der Waals surface area contributed by atoms with Crippen LogP contribution in [0.15, 0.2) is 66.9 Å². The summed E-state index contributed by atoms with van der Waals surface area (Å²) in [6.45, 7) is 2.61. The van der Waals surface area contributed by atoms with Gasteiger partial charge in [0.15, 0.2) is 0 Å². The summed E-state index contributed by atoms with van der Waals surface area (Å²) in [5.41, 5.74) is 3.35. The Bertz CT molecular complexity index is 845. The Hall–Kier alpha value is -2.59. The van der Waals surface area contributed by atoms with E-state index in [1.807, 2.05) is 24.3 Å². The molecular weight excluding hydrogens is 334 g/mol. The lowest BCUT2D eigenvalue weighted by Gasteiger charge is -2.32. The summed E-state index contributed by atoms with van der Waals surface area (Å²) in [7, 11) is 2.22. The standard InChI is InChI=1S/C23H27N3O/c1-25-15-9-8-14-21(25)16-26-17-22(20-12-6-3-7-13-20)23(24-26)27-18-19-10-4-2-5-11-19/h2-7,10-13,17,21H,8-9,14-16,18H2,1H3. The smallest absolute Gasteiger partial charge is 0.241 e. The van der Waals surface area contributed by atoms with Crippen molar-refractivity contribution in [2.75, 3.05) is 13.6 Å². The van der Waals surface area contributed by atoms with Gasteiger partial charge in [0.2, 0.25) is 5.88 Å². The van der Waals surface area contributed by atoms with E-state index in [1.165, 1.54) is 25.8 Å². The molecule has 1 unspecified atom stereocenters.